The Balaban J connectivity index is 2.10. The molecular formula is C21H33N3O2. The van der Waals surface area contributed by atoms with E-state index in [2.05, 4.69) is 36.2 Å². The zero-order chi connectivity index (χ0) is 19.1. The van der Waals surface area contributed by atoms with Crippen molar-refractivity contribution in [2.45, 2.75) is 65.6 Å². The maximum Gasteiger partial charge on any atom is 0.237 e. The molecule has 144 valence electrons. The van der Waals surface area contributed by atoms with E-state index in [1.807, 2.05) is 30.9 Å². The maximum atomic E-state index is 12.9. The molecule has 1 aromatic rings. The summed E-state index contributed by atoms with van der Waals surface area (Å²) in [7, 11) is 0. The van der Waals surface area contributed by atoms with E-state index in [-0.39, 0.29) is 24.3 Å². The van der Waals surface area contributed by atoms with E-state index in [0.717, 1.165) is 25.9 Å². The second-order valence-corrected chi connectivity index (χ2v) is 7.44. The molecule has 0 aromatic heterocycles. The summed E-state index contributed by atoms with van der Waals surface area (Å²) in [6.45, 7) is 11.2. The van der Waals surface area contributed by atoms with E-state index >= 15 is 0 Å². The molecule has 2 amide bonds. The second kappa shape index (κ2) is 9.72. The molecule has 5 nitrogen and oxygen atoms in total. The van der Waals surface area contributed by atoms with Crippen molar-refractivity contribution in [2.75, 3.05) is 19.6 Å². The van der Waals surface area contributed by atoms with Crippen molar-refractivity contribution >= 4 is 11.8 Å². The number of hydrogen-bond acceptors (Lipinski definition) is 3. The fourth-order valence-corrected chi connectivity index (χ4v) is 3.46. The third-order valence-corrected chi connectivity index (χ3v) is 5.14. The van der Waals surface area contributed by atoms with Gasteiger partial charge in [-0.1, -0.05) is 37.6 Å². The first-order valence-corrected chi connectivity index (χ1v) is 9.79. The van der Waals surface area contributed by atoms with Crippen LogP contribution in [-0.2, 0) is 16.1 Å². The number of aryl methyl sites for hydroxylation is 1. The molecule has 1 aromatic carbocycles. The molecule has 0 aliphatic carbocycles. The highest BCUT2D eigenvalue weighted by molar-refractivity contribution is 5.89. The van der Waals surface area contributed by atoms with Gasteiger partial charge in [0.05, 0.1) is 12.5 Å². The minimum Gasteiger partial charge on any atom is -0.353 e. The molecule has 1 saturated heterocycles. The Bertz CT molecular complexity index is 615. The molecule has 1 aliphatic rings. The average Bonchev–Trinajstić information content (AvgIpc) is 2.60. The van der Waals surface area contributed by atoms with Gasteiger partial charge in [0.1, 0.15) is 0 Å². The third kappa shape index (κ3) is 5.31. The quantitative estimate of drug-likeness (QED) is 0.776. The monoisotopic (exact) mass is 359 g/mol. The smallest absolute Gasteiger partial charge is 0.237 e. The minimum absolute atomic E-state index is 0.0302. The number of piperazine rings is 1. The Morgan fingerprint density at radius 1 is 1.35 bits per heavy atom. The van der Waals surface area contributed by atoms with Crippen molar-refractivity contribution in [3.05, 3.63) is 35.4 Å². The number of benzene rings is 1. The molecule has 0 bridgehead atoms. The van der Waals surface area contributed by atoms with Gasteiger partial charge in [-0.05, 0) is 38.3 Å². The van der Waals surface area contributed by atoms with E-state index in [0.29, 0.717) is 13.1 Å². The van der Waals surface area contributed by atoms with Gasteiger partial charge in [-0.25, -0.2) is 0 Å². The molecule has 0 radical (unpaired) electrons. The molecule has 1 heterocycles. The first-order chi connectivity index (χ1) is 12.4. The zero-order valence-electron chi connectivity index (χ0n) is 16.6. The van der Waals surface area contributed by atoms with Crippen molar-refractivity contribution < 1.29 is 9.59 Å². The van der Waals surface area contributed by atoms with Gasteiger partial charge in [0.15, 0.2) is 0 Å². The van der Waals surface area contributed by atoms with Gasteiger partial charge in [-0.2, -0.15) is 0 Å². The molecule has 1 atom stereocenters. The zero-order valence-corrected chi connectivity index (χ0v) is 16.6. The summed E-state index contributed by atoms with van der Waals surface area (Å²) >= 11 is 0. The Kier molecular flexibility index (Phi) is 7.64. The van der Waals surface area contributed by atoms with Crippen LogP contribution in [0.4, 0.5) is 0 Å². The van der Waals surface area contributed by atoms with Crippen LogP contribution in [0.15, 0.2) is 24.3 Å². The summed E-state index contributed by atoms with van der Waals surface area (Å²) < 4.78 is 0. The van der Waals surface area contributed by atoms with E-state index in [9.17, 15) is 9.59 Å². The third-order valence-electron chi connectivity index (χ3n) is 5.14. The highest BCUT2D eigenvalue weighted by atomic mass is 16.2. The summed E-state index contributed by atoms with van der Waals surface area (Å²) in [5.41, 5.74) is 2.43. The topological polar surface area (TPSA) is 52.7 Å². The minimum atomic E-state index is -0.390. The first-order valence-electron chi connectivity index (χ1n) is 9.79. The fraction of sp³-hybridized carbons (Fsp3) is 0.619. The summed E-state index contributed by atoms with van der Waals surface area (Å²) in [6, 6.07) is 8.01. The van der Waals surface area contributed by atoms with Crippen LogP contribution in [0.1, 0.15) is 51.2 Å². The van der Waals surface area contributed by atoms with Gasteiger partial charge in [0.25, 0.3) is 0 Å². The Hall–Kier alpha value is -1.88. The molecule has 1 aliphatic heterocycles. The Morgan fingerprint density at radius 2 is 2.08 bits per heavy atom. The van der Waals surface area contributed by atoms with Gasteiger partial charge < -0.3 is 10.2 Å². The van der Waals surface area contributed by atoms with Crippen LogP contribution < -0.4 is 5.32 Å². The maximum absolute atomic E-state index is 12.9. The van der Waals surface area contributed by atoms with Crippen LogP contribution in [-0.4, -0.2) is 53.3 Å². The fourth-order valence-electron chi connectivity index (χ4n) is 3.46. The van der Waals surface area contributed by atoms with Crippen LogP contribution in [0.25, 0.3) is 0 Å². The van der Waals surface area contributed by atoms with Gasteiger partial charge in [0.2, 0.25) is 11.8 Å². The number of carbonyl (C=O) groups is 2. The van der Waals surface area contributed by atoms with E-state index in [1.165, 1.54) is 11.1 Å². The second-order valence-electron chi connectivity index (χ2n) is 7.44. The molecule has 5 heteroatoms. The van der Waals surface area contributed by atoms with Crippen LogP contribution in [0.3, 0.4) is 0 Å². The average molecular weight is 360 g/mol. The number of amides is 2. The first kappa shape index (κ1) is 20.4. The molecule has 26 heavy (non-hydrogen) atoms. The van der Waals surface area contributed by atoms with Crippen LogP contribution >= 0.6 is 0 Å². The van der Waals surface area contributed by atoms with Gasteiger partial charge in [-0.15, -0.1) is 0 Å². The predicted molar refractivity (Wildman–Crippen MR) is 105 cm³/mol. The van der Waals surface area contributed by atoms with Crippen molar-refractivity contribution in [1.29, 1.82) is 0 Å². The largest absolute Gasteiger partial charge is 0.353 e. The number of rotatable bonds is 8. The number of unbranched alkanes of at least 4 members (excludes halogenated alkanes) is 1. The Labute approximate surface area is 157 Å². The Morgan fingerprint density at radius 3 is 2.73 bits per heavy atom. The number of nitrogens with zero attached hydrogens (tertiary/aromatic N) is 2. The molecule has 1 fully saturated rings. The van der Waals surface area contributed by atoms with Crippen molar-refractivity contribution in [3.63, 3.8) is 0 Å². The van der Waals surface area contributed by atoms with Crippen LogP contribution in [0.5, 0.6) is 0 Å². The van der Waals surface area contributed by atoms with E-state index in [4.69, 9.17) is 0 Å². The lowest BCUT2D eigenvalue weighted by Gasteiger charge is -2.36. The lowest BCUT2D eigenvalue weighted by molar-refractivity contribution is -0.140. The number of hydrogen-bond donors (Lipinski definition) is 1. The number of nitrogens with one attached hydrogen (secondary N) is 1. The highest BCUT2D eigenvalue weighted by Gasteiger charge is 2.33. The normalized spacial score (nSPS) is 18.0. The molecular weight excluding hydrogens is 326 g/mol. The molecule has 2 rings (SSSR count). The van der Waals surface area contributed by atoms with E-state index in [1.54, 1.807) is 0 Å². The summed E-state index contributed by atoms with van der Waals surface area (Å²) in [6.07, 6.45) is 2.30. The SMILES string of the molecule is CCCCN(C(=O)C[C@@H]1C(=O)NCCN1Cc1ccccc1C)C(C)C. The lowest BCUT2D eigenvalue weighted by Crippen LogP contribution is -2.56. The van der Waals surface area contributed by atoms with Crippen LogP contribution in [0, 0.1) is 6.92 Å². The standard InChI is InChI=1S/C21H33N3O2/c1-5-6-12-24(16(2)3)20(25)14-19-21(26)22-11-13-23(19)15-18-10-8-7-9-17(18)4/h7-10,16,19H,5-6,11-15H2,1-4H3,(H,22,26)/t19-/m1/s1. The summed E-state index contributed by atoms with van der Waals surface area (Å²) in [4.78, 5) is 29.5. The number of carbonyl (C=O) groups excluding carboxylic acids is 2. The molecule has 0 spiro atoms. The van der Waals surface area contributed by atoms with Gasteiger partial charge in [-0.3, -0.25) is 14.5 Å². The van der Waals surface area contributed by atoms with Gasteiger partial charge in [0, 0.05) is 32.2 Å². The van der Waals surface area contributed by atoms with E-state index < -0.39 is 6.04 Å². The van der Waals surface area contributed by atoms with Crippen molar-refractivity contribution in [2.24, 2.45) is 0 Å². The predicted octanol–water partition coefficient (Wildman–Crippen LogP) is 2.72. The van der Waals surface area contributed by atoms with Crippen molar-refractivity contribution in [3.8, 4) is 0 Å². The van der Waals surface area contributed by atoms with Crippen molar-refractivity contribution in [1.82, 2.24) is 15.1 Å². The summed E-state index contributed by atoms with van der Waals surface area (Å²) in [5, 5.41) is 2.93. The summed E-state index contributed by atoms with van der Waals surface area (Å²) in [5.74, 6) is 0.0441. The molecule has 1 N–H and O–H groups in total. The van der Waals surface area contributed by atoms with Crippen LogP contribution in [0.2, 0.25) is 0 Å². The van der Waals surface area contributed by atoms with Gasteiger partial charge >= 0.3 is 0 Å². The molecule has 0 saturated carbocycles. The molecule has 0 unspecified atom stereocenters. The lowest BCUT2D eigenvalue weighted by atomic mass is 10.0. The highest BCUT2D eigenvalue weighted by Crippen LogP contribution is 2.18.